The van der Waals surface area contributed by atoms with Gasteiger partial charge in [-0.2, -0.15) is 0 Å². The first-order chi connectivity index (χ1) is 8.28. The molecule has 0 amide bonds. The van der Waals surface area contributed by atoms with E-state index in [2.05, 4.69) is 12.2 Å². The van der Waals surface area contributed by atoms with Gasteiger partial charge in [0.15, 0.2) is 0 Å². The van der Waals surface area contributed by atoms with Gasteiger partial charge >= 0.3 is 0 Å². The molecule has 2 N–H and O–H groups in total. The number of aliphatic hydroxyl groups is 1. The van der Waals surface area contributed by atoms with Crippen LogP contribution in [-0.2, 0) is 0 Å². The summed E-state index contributed by atoms with van der Waals surface area (Å²) in [5.41, 5.74) is 1.14. The zero-order chi connectivity index (χ0) is 12.3. The van der Waals surface area contributed by atoms with Crippen LogP contribution >= 0.6 is 0 Å². The maximum absolute atomic E-state index is 9.25. The van der Waals surface area contributed by atoms with Gasteiger partial charge in [-0.1, -0.05) is 13.0 Å². The first kappa shape index (κ1) is 12.2. The van der Waals surface area contributed by atoms with Crippen LogP contribution in [0.2, 0.25) is 0 Å². The molecule has 1 aliphatic rings. The maximum atomic E-state index is 9.25. The molecule has 2 atom stereocenters. The van der Waals surface area contributed by atoms with E-state index in [1.165, 1.54) is 0 Å². The standard InChI is InChI=1S/C13H19NO3/c1-3-14-12-6-10(8-15)17-13-7-9(16-2)4-5-11(12)13/h4-5,7,10,12,14-15H,3,6,8H2,1-2H3. The Hall–Kier alpha value is -1.26. The highest BCUT2D eigenvalue weighted by Crippen LogP contribution is 2.36. The molecule has 0 aliphatic carbocycles. The van der Waals surface area contributed by atoms with Crippen molar-refractivity contribution in [2.24, 2.45) is 0 Å². The lowest BCUT2D eigenvalue weighted by atomic mass is 9.96. The molecule has 1 aromatic rings. The summed E-state index contributed by atoms with van der Waals surface area (Å²) in [6, 6.07) is 6.08. The smallest absolute Gasteiger partial charge is 0.128 e. The van der Waals surface area contributed by atoms with Crippen molar-refractivity contribution in [3.05, 3.63) is 23.8 Å². The summed E-state index contributed by atoms with van der Waals surface area (Å²) in [5.74, 6) is 1.58. The molecule has 1 aromatic carbocycles. The van der Waals surface area contributed by atoms with Gasteiger partial charge in [0, 0.05) is 24.1 Å². The number of nitrogens with one attached hydrogen (secondary N) is 1. The van der Waals surface area contributed by atoms with Crippen LogP contribution < -0.4 is 14.8 Å². The maximum Gasteiger partial charge on any atom is 0.128 e. The fraction of sp³-hybridized carbons (Fsp3) is 0.538. The molecule has 17 heavy (non-hydrogen) atoms. The molecule has 2 unspecified atom stereocenters. The molecule has 4 nitrogen and oxygen atoms in total. The highest BCUT2D eigenvalue weighted by atomic mass is 16.5. The molecule has 0 saturated carbocycles. The lowest BCUT2D eigenvalue weighted by molar-refractivity contribution is 0.0834. The SMILES string of the molecule is CCNC1CC(CO)Oc2cc(OC)ccc21. The van der Waals surface area contributed by atoms with E-state index < -0.39 is 0 Å². The summed E-state index contributed by atoms with van der Waals surface area (Å²) < 4.78 is 10.9. The van der Waals surface area contributed by atoms with Crippen LogP contribution in [-0.4, -0.2) is 31.5 Å². The molecule has 2 rings (SSSR count). The molecule has 0 fully saturated rings. The minimum absolute atomic E-state index is 0.0402. The van der Waals surface area contributed by atoms with E-state index in [-0.39, 0.29) is 18.8 Å². The predicted octanol–water partition coefficient (Wildman–Crippen LogP) is 1.49. The third-order valence-electron chi connectivity index (χ3n) is 3.04. The molecule has 0 saturated heterocycles. The number of benzene rings is 1. The van der Waals surface area contributed by atoms with Crippen LogP contribution in [0.25, 0.3) is 0 Å². The van der Waals surface area contributed by atoms with Crippen molar-refractivity contribution >= 4 is 0 Å². The van der Waals surface area contributed by atoms with Crippen molar-refractivity contribution in [3.63, 3.8) is 0 Å². The fourth-order valence-corrected chi connectivity index (χ4v) is 2.20. The lowest BCUT2D eigenvalue weighted by Gasteiger charge is -2.32. The molecule has 94 valence electrons. The molecule has 0 aromatic heterocycles. The van der Waals surface area contributed by atoms with Crippen LogP contribution in [0.4, 0.5) is 0 Å². The summed E-state index contributed by atoms with van der Waals surface area (Å²) >= 11 is 0. The van der Waals surface area contributed by atoms with Gasteiger partial charge in [-0.15, -0.1) is 0 Å². The van der Waals surface area contributed by atoms with Crippen LogP contribution in [0.5, 0.6) is 11.5 Å². The molecule has 4 heteroatoms. The molecule has 0 radical (unpaired) electrons. The van der Waals surface area contributed by atoms with E-state index in [1.54, 1.807) is 7.11 Å². The molecular formula is C13H19NO3. The van der Waals surface area contributed by atoms with E-state index >= 15 is 0 Å². The van der Waals surface area contributed by atoms with Crippen LogP contribution in [0.15, 0.2) is 18.2 Å². The third kappa shape index (κ3) is 2.53. The molecule has 1 aliphatic heterocycles. The number of aliphatic hydroxyl groups excluding tert-OH is 1. The van der Waals surface area contributed by atoms with E-state index in [9.17, 15) is 5.11 Å². The van der Waals surface area contributed by atoms with Gasteiger partial charge in [-0.25, -0.2) is 0 Å². The van der Waals surface area contributed by atoms with Crippen molar-refractivity contribution in [2.75, 3.05) is 20.3 Å². The Labute approximate surface area is 102 Å². The zero-order valence-electron chi connectivity index (χ0n) is 10.3. The zero-order valence-corrected chi connectivity index (χ0v) is 10.3. The molecular weight excluding hydrogens is 218 g/mol. The summed E-state index contributed by atoms with van der Waals surface area (Å²) in [6.45, 7) is 3.01. The van der Waals surface area contributed by atoms with Crippen molar-refractivity contribution < 1.29 is 14.6 Å². The largest absolute Gasteiger partial charge is 0.497 e. The van der Waals surface area contributed by atoms with E-state index in [4.69, 9.17) is 9.47 Å². The number of rotatable bonds is 4. The topological polar surface area (TPSA) is 50.7 Å². The molecule has 0 spiro atoms. The van der Waals surface area contributed by atoms with Gasteiger partial charge < -0.3 is 19.9 Å². The number of hydrogen-bond donors (Lipinski definition) is 2. The summed E-state index contributed by atoms with van der Waals surface area (Å²) in [4.78, 5) is 0. The Morgan fingerprint density at radius 3 is 3.00 bits per heavy atom. The second kappa shape index (κ2) is 5.38. The van der Waals surface area contributed by atoms with Gasteiger partial charge in [-0.3, -0.25) is 0 Å². The lowest BCUT2D eigenvalue weighted by Crippen LogP contribution is -2.34. The van der Waals surface area contributed by atoms with Crippen LogP contribution in [0.3, 0.4) is 0 Å². The van der Waals surface area contributed by atoms with E-state index in [0.29, 0.717) is 0 Å². The monoisotopic (exact) mass is 237 g/mol. The Balaban J connectivity index is 2.30. The normalized spacial score (nSPS) is 22.8. The van der Waals surface area contributed by atoms with Crippen LogP contribution in [0.1, 0.15) is 24.9 Å². The second-order valence-electron chi connectivity index (χ2n) is 4.17. The molecule has 1 heterocycles. The first-order valence-electron chi connectivity index (χ1n) is 5.97. The number of hydrogen-bond acceptors (Lipinski definition) is 4. The number of fused-ring (bicyclic) bond motifs is 1. The quantitative estimate of drug-likeness (QED) is 0.833. The Morgan fingerprint density at radius 1 is 1.53 bits per heavy atom. The highest BCUT2D eigenvalue weighted by Gasteiger charge is 2.27. The number of methoxy groups -OCH3 is 1. The van der Waals surface area contributed by atoms with Crippen LogP contribution in [0, 0.1) is 0 Å². The van der Waals surface area contributed by atoms with E-state index in [0.717, 1.165) is 30.0 Å². The Morgan fingerprint density at radius 2 is 2.35 bits per heavy atom. The van der Waals surface area contributed by atoms with Gasteiger partial charge in [-0.05, 0) is 12.6 Å². The van der Waals surface area contributed by atoms with Gasteiger partial charge in [0.05, 0.1) is 13.7 Å². The summed E-state index contributed by atoms with van der Waals surface area (Å²) in [5, 5.41) is 12.7. The summed E-state index contributed by atoms with van der Waals surface area (Å²) in [6.07, 6.45) is 0.655. The summed E-state index contributed by atoms with van der Waals surface area (Å²) in [7, 11) is 1.63. The highest BCUT2D eigenvalue weighted by molar-refractivity contribution is 5.44. The van der Waals surface area contributed by atoms with Gasteiger partial charge in [0.2, 0.25) is 0 Å². The number of ether oxygens (including phenoxy) is 2. The Bertz CT molecular complexity index is 381. The van der Waals surface area contributed by atoms with E-state index in [1.807, 2.05) is 18.2 Å². The second-order valence-corrected chi connectivity index (χ2v) is 4.17. The van der Waals surface area contributed by atoms with Crippen molar-refractivity contribution in [1.29, 1.82) is 0 Å². The fourth-order valence-electron chi connectivity index (χ4n) is 2.20. The minimum atomic E-state index is -0.140. The molecule has 0 bridgehead atoms. The predicted molar refractivity (Wildman–Crippen MR) is 65.5 cm³/mol. The van der Waals surface area contributed by atoms with Crippen molar-refractivity contribution in [3.8, 4) is 11.5 Å². The first-order valence-corrected chi connectivity index (χ1v) is 5.97. The third-order valence-corrected chi connectivity index (χ3v) is 3.04. The van der Waals surface area contributed by atoms with Gasteiger partial charge in [0.1, 0.15) is 17.6 Å². The van der Waals surface area contributed by atoms with Gasteiger partial charge in [0.25, 0.3) is 0 Å². The Kier molecular flexibility index (Phi) is 3.86. The average Bonchev–Trinajstić information content (AvgIpc) is 2.38. The van der Waals surface area contributed by atoms with Crippen molar-refractivity contribution in [1.82, 2.24) is 5.32 Å². The minimum Gasteiger partial charge on any atom is -0.497 e. The average molecular weight is 237 g/mol. The van der Waals surface area contributed by atoms with Crippen molar-refractivity contribution in [2.45, 2.75) is 25.5 Å².